The largest absolute Gasteiger partial charge is 0.625 e. The minimum Gasteiger partial charge on any atom is -0.625 e. The number of amides is 1. The molecule has 1 N–H and O–H groups in total. The molecule has 0 fully saturated rings. The Morgan fingerprint density at radius 2 is 1.61 bits per heavy atom. The topological polar surface area (TPSA) is 90.6 Å². The van der Waals surface area contributed by atoms with Crippen molar-refractivity contribution < 1.29 is 14.3 Å². The van der Waals surface area contributed by atoms with Gasteiger partial charge >= 0.3 is 5.97 Å². The number of pyridine rings is 1. The molecule has 210 valence electrons. The molecule has 2 atom stereocenters. The maximum Gasteiger partial charge on any atom is 0.308 e. The molecule has 1 amide bonds. The SMILES string of the molecule is CC(C)[C@H](NC(=O)[C@@H](CC(=O)OCc1ccccc1)n1ccc(-c2ccc(-c3ccncc3)cc2)c1)N1CC=C[N-]1. The Hall–Kier alpha value is -4.69. The van der Waals surface area contributed by atoms with Crippen LogP contribution in [-0.2, 0) is 20.9 Å². The summed E-state index contributed by atoms with van der Waals surface area (Å²) in [5.74, 6) is -0.607. The summed E-state index contributed by atoms with van der Waals surface area (Å²) in [7, 11) is 0. The minimum absolute atomic E-state index is 0.103. The third-order valence-electron chi connectivity index (χ3n) is 7.07. The van der Waals surface area contributed by atoms with Crippen LogP contribution in [0.4, 0.5) is 0 Å². The van der Waals surface area contributed by atoms with Crippen molar-refractivity contribution in [2.75, 3.05) is 6.54 Å². The third-order valence-corrected chi connectivity index (χ3v) is 7.07. The first-order valence-electron chi connectivity index (χ1n) is 13.8. The lowest BCUT2D eigenvalue weighted by molar-refractivity contribution is -0.148. The zero-order chi connectivity index (χ0) is 28.6. The zero-order valence-electron chi connectivity index (χ0n) is 23.3. The van der Waals surface area contributed by atoms with E-state index in [9.17, 15) is 9.59 Å². The Kier molecular flexibility index (Phi) is 8.91. The van der Waals surface area contributed by atoms with Crippen molar-refractivity contribution in [3.8, 4) is 22.3 Å². The summed E-state index contributed by atoms with van der Waals surface area (Å²) in [5.41, 5.74) is 9.41. The van der Waals surface area contributed by atoms with Crippen LogP contribution in [0.15, 0.2) is 110 Å². The maximum atomic E-state index is 13.7. The normalized spacial score (nSPS) is 14.4. The first-order valence-corrected chi connectivity index (χ1v) is 13.8. The molecular formula is C33H34N5O3-. The number of carbonyl (C=O) groups is 2. The van der Waals surface area contributed by atoms with Gasteiger partial charge in [0.25, 0.3) is 0 Å². The van der Waals surface area contributed by atoms with Gasteiger partial charge in [-0.3, -0.25) is 14.6 Å². The van der Waals surface area contributed by atoms with Gasteiger partial charge in [0, 0.05) is 31.3 Å². The molecular weight excluding hydrogens is 514 g/mol. The Bertz CT molecular complexity index is 1460. The maximum absolute atomic E-state index is 13.7. The van der Waals surface area contributed by atoms with E-state index in [2.05, 4.69) is 40.0 Å². The van der Waals surface area contributed by atoms with E-state index in [1.165, 1.54) is 0 Å². The summed E-state index contributed by atoms with van der Waals surface area (Å²) in [5, 5.41) is 4.98. The van der Waals surface area contributed by atoms with Gasteiger partial charge in [-0.05, 0) is 51.9 Å². The second-order valence-electron chi connectivity index (χ2n) is 10.3. The molecule has 8 nitrogen and oxygen atoms in total. The molecule has 5 rings (SSSR count). The fraction of sp³-hybridized carbons (Fsp3) is 0.242. The Balaban J connectivity index is 1.35. The predicted octanol–water partition coefficient (Wildman–Crippen LogP) is 6.11. The summed E-state index contributed by atoms with van der Waals surface area (Å²) in [4.78, 5) is 30.8. The highest BCUT2D eigenvalue weighted by Gasteiger charge is 2.28. The molecule has 0 spiro atoms. The Labute approximate surface area is 240 Å². The minimum atomic E-state index is -0.792. The highest BCUT2D eigenvalue weighted by Crippen LogP contribution is 2.27. The molecule has 41 heavy (non-hydrogen) atoms. The molecule has 0 saturated carbocycles. The monoisotopic (exact) mass is 548 g/mol. The summed E-state index contributed by atoms with van der Waals surface area (Å²) >= 11 is 0. The molecule has 2 aromatic carbocycles. The van der Waals surface area contributed by atoms with Crippen LogP contribution in [0.1, 0.15) is 31.9 Å². The first kappa shape index (κ1) is 27.9. The van der Waals surface area contributed by atoms with Gasteiger partial charge in [0.05, 0.1) is 12.6 Å². The van der Waals surface area contributed by atoms with Crippen molar-refractivity contribution >= 4 is 11.9 Å². The Morgan fingerprint density at radius 1 is 0.927 bits per heavy atom. The number of aromatic nitrogens is 2. The van der Waals surface area contributed by atoms with Gasteiger partial charge in [0.1, 0.15) is 12.6 Å². The lowest BCUT2D eigenvalue weighted by Crippen LogP contribution is -2.50. The average Bonchev–Trinajstić information content (AvgIpc) is 3.72. The number of nitrogens with zero attached hydrogens (tertiary/aromatic N) is 4. The molecule has 8 heteroatoms. The average molecular weight is 549 g/mol. The smallest absolute Gasteiger partial charge is 0.308 e. The van der Waals surface area contributed by atoms with E-state index in [4.69, 9.17) is 4.74 Å². The zero-order valence-corrected chi connectivity index (χ0v) is 23.3. The number of esters is 1. The van der Waals surface area contributed by atoms with Crippen LogP contribution in [0.2, 0.25) is 0 Å². The standard InChI is InChI=1S/C33H34N5O3/c1-24(2)32(38-19-6-16-35-38)36-33(40)30(21-31(39)41-23-25-7-4-3-5-8-25)37-20-15-29(22-37)27-11-9-26(10-12-27)28-13-17-34-18-14-28/h3-18,20,22,24,30,32H,19,21,23H2,1-2H3,(H,36,40)/q-1/t30-,32-/m1/s1. The van der Waals surface area contributed by atoms with Crippen molar-refractivity contribution in [3.05, 3.63) is 121 Å². The molecule has 0 radical (unpaired) electrons. The number of benzene rings is 2. The summed E-state index contributed by atoms with van der Waals surface area (Å²) < 4.78 is 7.35. The summed E-state index contributed by atoms with van der Waals surface area (Å²) in [6.07, 6.45) is 10.6. The van der Waals surface area contributed by atoms with Gasteiger partial charge < -0.3 is 25.1 Å². The Morgan fingerprint density at radius 3 is 2.27 bits per heavy atom. The van der Waals surface area contributed by atoms with Gasteiger partial charge in [-0.1, -0.05) is 74.5 Å². The van der Waals surface area contributed by atoms with Crippen LogP contribution >= 0.6 is 0 Å². The summed E-state index contributed by atoms with van der Waals surface area (Å²) in [6, 6.07) is 22.8. The highest BCUT2D eigenvalue weighted by atomic mass is 16.5. The summed E-state index contributed by atoms with van der Waals surface area (Å²) in [6.45, 7) is 4.84. The first-order chi connectivity index (χ1) is 20.0. The molecule has 0 unspecified atom stereocenters. The second-order valence-corrected chi connectivity index (χ2v) is 10.3. The van der Waals surface area contributed by atoms with Gasteiger partial charge in [0.2, 0.25) is 5.91 Å². The van der Waals surface area contributed by atoms with Gasteiger partial charge in [-0.25, -0.2) is 0 Å². The highest BCUT2D eigenvalue weighted by molar-refractivity contribution is 5.85. The molecule has 0 aliphatic carbocycles. The van der Waals surface area contributed by atoms with Crippen molar-refractivity contribution in [1.29, 1.82) is 0 Å². The van der Waals surface area contributed by atoms with Crippen LogP contribution in [0.25, 0.3) is 27.7 Å². The van der Waals surface area contributed by atoms with Crippen molar-refractivity contribution in [1.82, 2.24) is 19.9 Å². The predicted molar refractivity (Wildman–Crippen MR) is 159 cm³/mol. The lowest BCUT2D eigenvalue weighted by atomic mass is 10.0. The molecule has 1 aliphatic heterocycles. The van der Waals surface area contributed by atoms with E-state index in [0.717, 1.165) is 27.8 Å². The van der Waals surface area contributed by atoms with Crippen molar-refractivity contribution in [2.24, 2.45) is 5.92 Å². The molecule has 1 aliphatic rings. The number of ether oxygens (including phenoxy) is 1. The van der Waals surface area contributed by atoms with E-state index in [-0.39, 0.29) is 31.0 Å². The van der Waals surface area contributed by atoms with E-state index < -0.39 is 12.0 Å². The fourth-order valence-electron chi connectivity index (χ4n) is 4.81. The van der Waals surface area contributed by atoms with E-state index in [1.54, 1.807) is 23.2 Å². The van der Waals surface area contributed by atoms with Gasteiger partial charge in [-0.2, -0.15) is 6.20 Å². The van der Waals surface area contributed by atoms with Crippen LogP contribution in [0, 0.1) is 5.92 Å². The van der Waals surface area contributed by atoms with Crippen molar-refractivity contribution in [2.45, 2.75) is 39.1 Å². The molecule has 2 aromatic heterocycles. The molecule has 0 bridgehead atoms. The number of nitrogens with one attached hydrogen (secondary N) is 1. The van der Waals surface area contributed by atoms with E-state index >= 15 is 0 Å². The quantitative estimate of drug-likeness (QED) is 0.229. The molecule has 0 saturated heterocycles. The third kappa shape index (κ3) is 7.10. The lowest BCUT2D eigenvalue weighted by Gasteiger charge is -2.41. The van der Waals surface area contributed by atoms with Crippen molar-refractivity contribution in [3.63, 3.8) is 0 Å². The number of carbonyl (C=O) groups excluding carboxylic acids is 2. The van der Waals surface area contributed by atoms with Crippen LogP contribution in [0.3, 0.4) is 0 Å². The molecule has 4 aromatic rings. The number of rotatable bonds is 11. The van der Waals surface area contributed by atoms with E-state index in [0.29, 0.717) is 6.54 Å². The van der Waals surface area contributed by atoms with Gasteiger partial charge in [-0.15, -0.1) is 0 Å². The fourth-order valence-corrected chi connectivity index (χ4v) is 4.81. The number of hydrogen-bond acceptors (Lipinski definition) is 5. The van der Waals surface area contributed by atoms with Gasteiger partial charge in [0.15, 0.2) is 0 Å². The molecule has 3 heterocycles. The second kappa shape index (κ2) is 13.1. The van der Waals surface area contributed by atoms with Crippen LogP contribution in [0.5, 0.6) is 0 Å². The number of hydrogen-bond donors (Lipinski definition) is 1. The van der Waals surface area contributed by atoms with E-state index in [1.807, 2.05) is 85.9 Å². The van der Waals surface area contributed by atoms with Crippen LogP contribution in [-0.4, -0.2) is 39.1 Å². The van der Waals surface area contributed by atoms with Crippen LogP contribution < -0.4 is 5.32 Å².